The fourth-order valence-corrected chi connectivity index (χ4v) is 3.17. The minimum absolute atomic E-state index is 0.141. The molecular weight excluding hydrogens is 315 g/mol. The Morgan fingerprint density at radius 3 is 2.83 bits per heavy atom. The molecule has 1 aromatic heterocycles. The standard InChI is InChI=1S/C17H21FN2O2S/c1-11-6-5-7-14(12-8-13(18)10-19-9-12)23-15(11)20-16(21)22-17(2,3)4/h7-11H,5-6H2,1-4H3. The highest BCUT2D eigenvalue weighted by atomic mass is 32.2. The van der Waals surface area contributed by atoms with Crippen LogP contribution in [0.25, 0.3) is 4.91 Å². The van der Waals surface area contributed by atoms with Gasteiger partial charge in [0.1, 0.15) is 11.4 Å². The first kappa shape index (κ1) is 17.7. The van der Waals surface area contributed by atoms with E-state index >= 15 is 0 Å². The van der Waals surface area contributed by atoms with E-state index in [1.807, 2.05) is 13.0 Å². The number of allylic oxidation sites excluding steroid dienone is 1. The lowest BCUT2D eigenvalue weighted by molar-refractivity contribution is 0.0604. The molecule has 0 saturated carbocycles. The molecule has 0 fully saturated rings. The molecule has 2 heterocycles. The van der Waals surface area contributed by atoms with Crippen LogP contribution in [0.5, 0.6) is 0 Å². The smallest absolute Gasteiger partial charge is 0.434 e. The van der Waals surface area contributed by atoms with Crippen molar-refractivity contribution in [2.45, 2.75) is 46.1 Å². The van der Waals surface area contributed by atoms with Gasteiger partial charge in [0.2, 0.25) is 0 Å². The fourth-order valence-electron chi connectivity index (χ4n) is 2.07. The fraction of sp³-hybridized carbons (Fsp3) is 0.471. The average Bonchev–Trinajstić information content (AvgIpc) is 2.59. The van der Waals surface area contributed by atoms with E-state index in [0.29, 0.717) is 10.6 Å². The quantitative estimate of drug-likeness (QED) is 0.719. The first-order valence-corrected chi connectivity index (χ1v) is 8.37. The lowest BCUT2D eigenvalue weighted by atomic mass is 10.1. The predicted octanol–water partition coefficient (Wildman–Crippen LogP) is 5.06. The van der Waals surface area contributed by atoms with E-state index in [1.165, 1.54) is 24.0 Å². The van der Waals surface area contributed by atoms with Crippen LogP contribution >= 0.6 is 11.8 Å². The minimum Gasteiger partial charge on any atom is -0.442 e. The third kappa shape index (κ3) is 5.46. The highest BCUT2D eigenvalue weighted by molar-refractivity contribution is 8.21. The van der Waals surface area contributed by atoms with Gasteiger partial charge in [0, 0.05) is 22.6 Å². The highest BCUT2D eigenvalue weighted by Crippen LogP contribution is 2.36. The summed E-state index contributed by atoms with van der Waals surface area (Å²) in [7, 11) is 0. The molecule has 1 aliphatic rings. The second-order valence-corrected chi connectivity index (χ2v) is 7.53. The van der Waals surface area contributed by atoms with Crippen molar-refractivity contribution in [3.05, 3.63) is 35.9 Å². The molecule has 1 unspecified atom stereocenters. The summed E-state index contributed by atoms with van der Waals surface area (Å²) >= 11 is 1.38. The monoisotopic (exact) mass is 336 g/mol. The molecular formula is C17H21FN2O2S. The number of nitrogens with zero attached hydrogens (tertiary/aromatic N) is 2. The van der Waals surface area contributed by atoms with E-state index in [2.05, 4.69) is 9.98 Å². The molecule has 0 aromatic carbocycles. The first-order valence-electron chi connectivity index (χ1n) is 7.55. The van der Waals surface area contributed by atoms with Crippen molar-refractivity contribution in [2.24, 2.45) is 10.9 Å². The molecule has 0 radical (unpaired) electrons. The largest absolute Gasteiger partial charge is 0.442 e. The van der Waals surface area contributed by atoms with Crippen LogP contribution in [0.3, 0.4) is 0 Å². The van der Waals surface area contributed by atoms with Crippen molar-refractivity contribution in [3.63, 3.8) is 0 Å². The number of aliphatic imine (C=N–C) groups is 1. The number of hydrogen-bond acceptors (Lipinski definition) is 4. The van der Waals surface area contributed by atoms with E-state index in [9.17, 15) is 9.18 Å². The summed E-state index contributed by atoms with van der Waals surface area (Å²) in [6.45, 7) is 7.44. The number of hydrogen-bond donors (Lipinski definition) is 0. The van der Waals surface area contributed by atoms with Crippen LogP contribution in [0, 0.1) is 11.7 Å². The Labute approximate surface area is 140 Å². The van der Waals surface area contributed by atoms with Gasteiger partial charge in [-0.15, -0.1) is 0 Å². The van der Waals surface area contributed by atoms with Gasteiger partial charge in [-0.05, 0) is 39.7 Å². The van der Waals surface area contributed by atoms with Gasteiger partial charge in [-0.3, -0.25) is 4.98 Å². The van der Waals surface area contributed by atoms with Gasteiger partial charge < -0.3 is 4.74 Å². The van der Waals surface area contributed by atoms with E-state index < -0.39 is 11.7 Å². The lowest BCUT2D eigenvalue weighted by Gasteiger charge is -2.18. The van der Waals surface area contributed by atoms with E-state index in [1.54, 1.807) is 27.0 Å². The Morgan fingerprint density at radius 2 is 2.17 bits per heavy atom. The van der Waals surface area contributed by atoms with Crippen LogP contribution < -0.4 is 0 Å². The maximum atomic E-state index is 13.4. The molecule has 124 valence electrons. The summed E-state index contributed by atoms with van der Waals surface area (Å²) in [5.74, 6) is -0.241. The van der Waals surface area contributed by atoms with Gasteiger partial charge in [-0.2, -0.15) is 4.99 Å². The van der Waals surface area contributed by atoms with Gasteiger partial charge in [0.05, 0.1) is 11.2 Å². The van der Waals surface area contributed by atoms with Crippen molar-refractivity contribution >= 4 is 27.8 Å². The number of aromatic nitrogens is 1. The maximum Gasteiger partial charge on any atom is 0.434 e. The van der Waals surface area contributed by atoms with Crippen molar-refractivity contribution in [3.8, 4) is 0 Å². The molecule has 23 heavy (non-hydrogen) atoms. The van der Waals surface area contributed by atoms with Crippen LogP contribution in [0.1, 0.15) is 46.1 Å². The molecule has 6 heteroatoms. The third-order valence-electron chi connectivity index (χ3n) is 3.15. The molecule has 1 atom stereocenters. The molecule has 0 aliphatic carbocycles. The number of carbonyl (C=O) groups excluding carboxylic acids is 1. The molecule has 1 aromatic rings. The van der Waals surface area contributed by atoms with Crippen LogP contribution in [-0.4, -0.2) is 21.7 Å². The Hall–Kier alpha value is -1.69. The molecule has 0 spiro atoms. The van der Waals surface area contributed by atoms with Crippen molar-refractivity contribution < 1.29 is 13.9 Å². The van der Waals surface area contributed by atoms with Gasteiger partial charge in [-0.25, -0.2) is 9.18 Å². The molecule has 1 amide bonds. The zero-order chi connectivity index (χ0) is 17.0. The summed E-state index contributed by atoms with van der Waals surface area (Å²) in [6.07, 6.45) is 5.95. The summed E-state index contributed by atoms with van der Waals surface area (Å²) in [5.41, 5.74) is 0.117. The average molecular weight is 336 g/mol. The molecule has 0 bridgehead atoms. The van der Waals surface area contributed by atoms with Gasteiger partial charge >= 0.3 is 6.09 Å². The second-order valence-electron chi connectivity index (χ2n) is 6.47. The summed E-state index contributed by atoms with van der Waals surface area (Å²) in [6, 6.07) is 1.44. The highest BCUT2D eigenvalue weighted by Gasteiger charge is 2.22. The number of pyridine rings is 1. The second kappa shape index (κ2) is 7.25. The predicted molar refractivity (Wildman–Crippen MR) is 91.8 cm³/mol. The molecule has 4 nitrogen and oxygen atoms in total. The summed E-state index contributed by atoms with van der Waals surface area (Å²) in [5, 5.41) is 0.687. The topological polar surface area (TPSA) is 51.5 Å². The van der Waals surface area contributed by atoms with E-state index in [4.69, 9.17) is 4.74 Å². The minimum atomic E-state index is -0.592. The Bertz CT molecular complexity index is 650. The van der Waals surface area contributed by atoms with Gasteiger partial charge in [0.15, 0.2) is 0 Å². The van der Waals surface area contributed by atoms with Crippen LogP contribution in [0.15, 0.2) is 29.5 Å². The maximum absolute atomic E-state index is 13.4. The lowest BCUT2D eigenvalue weighted by Crippen LogP contribution is -2.23. The molecule has 2 rings (SSSR count). The van der Waals surface area contributed by atoms with Crippen molar-refractivity contribution in [1.29, 1.82) is 0 Å². The summed E-state index contributed by atoms with van der Waals surface area (Å²) < 4.78 is 18.6. The Morgan fingerprint density at radius 1 is 1.43 bits per heavy atom. The van der Waals surface area contributed by atoms with Gasteiger partial charge in [-0.1, -0.05) is 24.8 Å². The van der Waals surface area contributed by atoms with Crippen LogP contribution in [0.4, 0.5) is 9.18 Å². The SMILES string of the molecule is CC1CCC=C(c2cncc(F)c2)SC1=NC(=O)OC(C)(C)C. The zero-order valence-electron chi connectivity index (χ0n) is 13.8. The van der Waals surface area contributed by atoms with Crippen LogP contribution in [0.2, 0.25) is 0 Å². The summed E-state index contributed by atoms with van der Waals surface area (Å²) in [4.78, 5) is 20.8. The third-order valence-corrected chi connectivity index (χ3v) is 4.47. The van der Waals surface area contributed by atoms with Crippen LogP contribution in [-0.2, 0) is 4.74 Å². The number of carbonyl (C=O) groups is 1. The van der Waals surface area contributed by atoms with Gasteiger partial charge in [0.25, 0.3) is 0 Å². The number of amides is 1. The number of rotatable bonds is 1. The molecule has 0 N–H and O–H groups in total. The zero-order valence-corrected chi connectivity index (χ0v) is 14.6. The number of ether oxygens (including phenoxy) is 1. The normalized spacial score (nSPS) is 20.8. The van der Waals surface area contributed by atoms with Crippen molar-refractivity contribution in [2.75, 3.05) is 0 Å². The Kier molecular flexibility index (Phi) is 5.57. The number of halogens is 1. The first-order chi connectivity index (χ1) is 10.7. The van der Waals surface area contributed by atoms with E-state index in [0.717, 1.165) is 17.7 Å². The Balaban J connectivity index is 2.23. The van der Waals surface area contributed by atoms with Crippen molar-refractivity contribution in [1.82, 2.24) is 4.98 Å². The molecule has 0 saturated heterocycles. The number of thioether (sulfide) groups is 1. The molecule has 1 aliphatic heterocycles. The van der Waals surface area contributed by atoms with E-state index in [-0.39, 0.29) is 11.7 Å².